The molecule has 1 fully saturated rings. The quantitative estimate of drug-likeness (QED) is 0.891. The van der Waals surface area contributed by atoms with Crippen LogP contribution in [0.4, 0.5) is 0 Å². The van der Waals surface area contributed by atoms with Crippen molar-refractivity contribution in [2.24, 2.45) is 0 Å². The predicted molar refractivity (Wildman–Crippen MR) is 85.1 cm³/mol. The van der Waals surface area contributed by atoms with Gasteiger partial charge in [0.2, 0.25) is 10.0 Å². The topological polar surface area (TPSA) is 66.5 Å². The van der Waals surface area contributed by atoms with Crippen molar-refractivity contribution in [1.82, 2.24) is 9.62 Å². The molecule has 0 bridgehead atoms. The lowest BCUT2D eigenvalue weighted by Crippen LogP contribution is -2.30. The van der Waals surface area contributed by atoms with Gasteiger partial charge in [-0.2, -0.15) is 11.8 Å². The van der Waals surface area contributed by atoms with E-state index in [0.29, 0.717) is 17.4 Å². The molecule has 116 valence electrons. The molecular weight excluding hydrogens is 308 g/mol. The van der Waals surface area contributed by atoms with Crippen LogP contribution in [0.1, 0.15) is 23.2 Å². The van der Waals surface area contributed by atoms with E-state index in [1.807, 2.05) is 11.8 Å². The van der Waals surface area contributed by atoms with Crippen LogP contribution in [-0.2, 0) is 10.0 Å². The van der Waals surface area contributed by atoms with E-state index in [9.17, 15) is 13.2 Å². The lowest BCUT2D eigenvalue weighted by atomic mass is 10.2. The van der Waals surface area contributed by atoms with E-state index >= 15 is 0 Å². The monoisotopic (exact) mass is 328 g/mol. The van der Waals surface area contributed by atoms with E-state index in [4.69, 9.17) is 0 Å². The molecule has 1 atom stereocenters. The Labute approximate surface area is 130 Å². The summed E-state index contributed by atoms with van der Waals surface area (Å²) in [6.45, 7) is 0.464. The first-order chi connectivity index (χ1) is 9.90. The number of benzene rings is 1. The van der Waals surface area contributed by atoms with Crippen molar-refractivity contribution in [2.45, 2.75) is 23.0 Å². The average molecular weight is 328 g/mol. The van der Waals surface area contributed by atoms with E-state index in [1.54, 1.807) is 26.2 Å². The molecule has 0 spiro atoms. The van der Waals surface area contributed by atoms with Crippen LogP contribution in [0.25, 0.3) is 0 Å². The highest BCUT2D eigenvalue weighted by atomic mass is 32.2. The zero-order valence-corrected chi connectivity index (χ0v) is 13.8. The standard InChI is InChI=1S/C14H20N2O3S2/c1-16(2)14(17)11-5-7-13(8-6-11)21(18,19)15-10-12-4-3-9-20-12/h5-8,12,15H,3-4,9-10H2,1-2H3. The molecule has 1 aliphatic rings. The van der Waals surface area contributed by atoms with Crippen LogP contribution in [0.5, 0.6) is 0 Å². The Kier molecular flexibility index (Phi) is 5.29. The minimum atomic E-state index is -3.50. The number of amides is 1. The van der Waals surface area contributed by atoms with Gasteiger partial charge in [0, 0.05) is 31.5 Å². The summed E-state index contributed by atoms with van der Waals surface area (Å²) in [5.74, 6) is 0.961. The third-order valence-electron chi connectivity index (χ3n) is 3.34. The Hall–Kier alpha value is -1.05. The second-order valence-corrected chi connectivity index (χ2v) is 8.39. The molecule has 2 rings (SSSR count). The van der Waals surface area contributed by atoms with Gasteiger partial charge in [0.05, 0.1) is 4.90 Å². The summed E-state index contributed by atoms with van der Waals surface area (Å²) in [5.41, 5.74) is 0.477. The van der Waals surface area contributed by atoms with Crippen LogP contribution in [-0.4, -0.2) is 50.9 Å². The highest BCUT2D eigenvalue weighted by Gasteiger charge is 2.20. The van der Waals surface area contributed by atoms with Crippen molar-refractivity contribution in [3.05, 3.63) is 29.8 Å². The Morgan fingerprint density at radius 1 is 1.33 bits per heavy atom. The van der Waals surface area contributed by atoms with Gasteiger partial charge in [0.15, 0.2) is 0 Å². The van der Waals surface area contributed by atoms with Crippen LogP contribution in [0.15, 0.2) is 29.2 Å². The van der Waals surface area contributed by atoms with Gasteiger partial charge in [-0.05, 0) is 42.9 Å². The second kappa shape index (κ2) is 6.81. The normalized spacial score (nSPS) is 18.7. The zero-order chi connectivity index (χ0) is 15.5. The van der Waals surface area contributed by atoms with Gasteiger partial charge in [-0.1, -0.05) is 0 Å². The first kappa shape index (κ1) is 16.3. The fourth-order valence-electron chi connectivity index (χ4n) is 2.13. The van der Waals surface area contributed by atoms with E-state index < -0.39 is 10.0 Å². The Morgan fingerprint density at radius 3 is 2.52 bits per heavy atom. The Morgan fingerprint density at radius 2 is 2.00 bits per heavy atom. The molecule has 7 heteroatoms. The van der Waals surface area contributed by atoms with Crippen molar-refractivity contribution in [3.63, 3.8) is 0 Å². The molecule has 1 saturated heterocycles. The molecule has 0 aliphatic carbocycles. The second-order valence-electron chi connectivity index (χ2n) is 5.21. The van der Waals surface area contributed by atoms with Gasteiger partial charge in [-0.3, -0.25) is 4.79 Å². The molecule has 1 heterocycles. The summed E-state index contributed by atoms with van der Waals surface area (Å²) in [7, 11) is -0.178. The van der Waals surface area contributed by atoms with Gasteiger partial charge in [0.1, 0.15) is 0 Å². The minimum Gasteiger partial charge on any atom is -0.345 e. The zero-order valence-electron chi connectivity index (χ0n) is 12.2. The van der Waals surface area contributed by atoms with Crippen LogP contribution >= 0.6 is 11.8 Å². The van der Waals surface area contributed by atoms with Crippen LogP contribution in [0.2, 0.25) is 0 Å². The van der Waals surface area contributed by atoms with Gasteiger partial charge in [-0.15, -0.1) is 0 Å². The maximum absolute atomic E-state index is 12.2. The van der Waals surface area contributed by atoms with E-state index in [0.717, 1.165) is 18.6 Å². The molecule has 0 saturated carbocycles. The van der Waals surface area contributed by atoms with E-state index in [2.05, 4.69) is 4.72 Å². The van der Waals surface area contributed by atoms with Gasteiger partial charge < -0.3 is 4.90 Å². The molecule has 1 aromatic rings. The SMILES string of the molecule is CN(C)C(=O)c1ccc(S(=O)(=O)NCC2CCCS2)cc1. The molecular formula is C14H20N2O3S2. The van der Waals surface area contributed by atoms with Crippen molar-refractivity contribution in [3.8, 4) is 0 Å². The molecule has 0 radical (unpaired) electrons. The van der Waals surface area contributed by atoms with Crippen LogP contribution < -0.4 is 4.72 Å². The largest absolute Gasteiger partial charge is 0.345 e. The first-order valence-corrected chi connectivity index (χ1v) is 9.36. The fourth-order valence-corrected chi connectivity index (χ4v) is 4.51. The maximum Gasteiger partial charge on any atom is 0.253 e. The smallest absolute Gasteiger partial charge is 0.253 e. The minimum absolute atomic E-state index is 0.144. The number of rotatable bonds is 5. The third-order valence-corrected chi connectivity index (χ3v) is 6.18. The molecule has 1 amide bonds. The van der Waals surface area contributed by atoms with Gasteiger partial charge in [0.25, 0.3) is 5.91 Å². The summed E-state index contributed by atoms with van der Waals surface area (Å²) in [6, 6.07) is 6.03. The van der Waals surface area contributed by atoms with Crippen LogP contribution in [0.3, 0.4) is 0 Å². The number of carbonyl (C=O) groups is 1. The number of nitrogens with one attached hydrogen (secondary N) is 1. The number of sulfonamides is 1. The van der Waals surface area contributed by atoms with Crippen molar-refractivity contribution >= 4 is 27.7 Å². The third kappa shape index (κ3) is 4.21. The first-order valence-electron chi connectivity index (χ1n) is 6.83. The maximum atomic E-state index is 12.2. The summed E-state index contributed by atoms with van der Waals surface area (Å²) < 4.78 is 27.0. The van der Waals surface area contributed by atoms with Crippen molar-refractivity contribution in [2.75, 3.05) is 26.4 Å². The molecule has 5 nitrogen and oxygen atoms in total. The average Bonchev–Trinajstić information content (AvgIpc) is 2.98. The molecule has 1 N–H and O–H groups in total. The summed E-state index contributed by atoms with van der Waals surface area (Å²) in [6.07, 6.45) is 2.21. The molecule has 1 unspecified atom stereocenters. The molecule has 1 aromatic carbocycles. The number of carbonyl (C=O) groups excluding carboxylic acids is 1. The number of nitrogens with zero attached hydrogens (tertiary/aromatic N) is 1. The summed E-state index contributed by atoms with van der Waals surface area (Å²) in [4.78, 5) is 13.4. The Balaban J connectivity index is 2.04. The van der Waals surface area contributed by atoms with E-state index in [1.165, 1.54) is 17.0 Å². The van der Waals surface area contributed by atoms with Crippen molar-refractivity contribution < 1.29 is 13.2 Å². The lowest BCUT2D eigenvalue weighted by molar-refractivity contribution is 0.0827. The van der Waals surface area contributed by atoms with Gasteiger partial charge in [-0.25, -0.2) is 13.1 Å². The lowest BCUT2D eigenvalue weighted by Gasteiger charge is -2.12. The van der Waals surface area contributed by atoms with Gasteiger partial charge >= 0.3 is 0 Å². The summed E-state index contributed by atoms with van der Waals surface area (Å²) >= 11 is 1.81. The molecule has 21 heavy (non-hydrogen) atoms. The highest BCUT2D eigenvalue weighted by Crippen LogP contribution is 2.25. The highest BCUT2D eigenvalue weighted by molar-refractivity contribution is 8.00. The summed E-state index contributed by atoms with van der Waals surface area (Å²) in [5, 5.41) is 0.370. The fraction of sp³-hybridized carbons (Fsp3) is 0.500. The number of hydrogen-bond donors (Lipinski definition) is 1. The predicted octanol–water partition coefficient (Wildman–Crippen LogP) is 1.56. The molecule has 1 aliphatic heterocycles. The van der Waals surface area contributed by atoms with E-state index in [-0.39, 0.29) is 10.8 Å². The van der Waals surface area contributed by atoms with Crippen LogP contribution in [0, 0.1) is 0 Å². The van der Waals surface area contributed by atoms with Crippen molar-refractivity contribution in [1.29, 1.82) is 0 Å². The number of hydrogen-bond acceptors (Lipinski definition) is 4. The Bertz CT molecular complexity index is 591. The molecule has 0 aromatic heterocycles. The number of thioether (sulfide) groups is 1.